The fourth-order valence-electron chi connectivity index (χ4n) is 2.56. The van der Waals surface area contributed by atoms with Crippen molar-refractivity contribution in [2.45, 2.75) is 12.8 Å². The molecule has 2 aromatic rings. The maximum atomic E-state index is 11.8. The zero-order chi connectivity index (χ0) is 21.1. The van der Waals surface area contributed by atoms with Crippen LogP contribution in [0.1, 0.15) is 21.7 Å². The second kappa shape index (κ2) is 13.6. The summed E-state index contributed by atoms with van der Waals surface area (Å²) >= 11 is 0. The Kier molecular flexibility index (Phi) is 11.6. The topological polar surface area (TPSA) is 99.0 Å². The molecule has 0 unspecified atom stereocenters. The number of halogens is 1. The Labute approximate surface area is 194 Å². The monoisotopic (exact) mass is 527 g/mol. The molecule has 0 atom stereocenters. The minimum Gasteiger partial charge on any atom is -0.469 e. The first-order chi connectivity index (χ1) is 14.0. The first kappa shape index (κ1) is 25.5. The molecule has 0 bridgehead atoms. The third-order valence-electron chi connectivity index (χ3n) is 4.24. The maximum absolute atomic E-state index is 11.8. The van der Waals surface area contributed by atoms with E-state index in [0.29, 0.717) is 37.5 Å². The number of nitrogens with zero attached hydrogens (tertiary/aromatic N) is 2. The average molecular weight is 527 g/mol. The molecule has 2 amide bonds. The number of carbonyl (C=O) groups excluding carboxylic acids is 2. The van der Waals surface area contributed by atoms with Gasteiger partial charge < -0.3 is 25.3 Å². The average Bonchev–Trinajstić information content (AvgIpc) is 3.24. The van der Waals surface area contributed by atoms with Gasteiger partial charge in [0.1, 0.15) is 12.3 Å². The number of benzene rings is 1. The second-order valence-corrected chi connectivity index (χ2v) is 6.67. The van der Waals surface area contributed by atoms with Crippen molar-refractivity contribution in [3.63, 3.8) is 0 Å². The van der Waals surface area contributed by atoms with Crippen molar-refractivity contribution in [1.82, 2.24) is 20.9 Å². The lowest BCUT2D eigenvalue weighted by Crippen LogP contribution is -2.40. The number of aliphatic imine (C=N–C) groups is 1. The molecule has 0 spiro atoms. The van der Waals surface area contributed by atoms with Gasteiger partial charge in [0, 0.05) is 46.2 Å². The standard InChI is InChI=1S/C21H29N5O3.HI/c1-22-20(28)17-7-4-6-16(14-17)9-11-23-21(25-15-19(27)26(2)3)24-12-10-18-8-5-13-29-18;/h4-8,13-14H,9-12,15H2,1-3H3,(H,22,28)(H2,23,24,25);1H. The molecule has 0 saturated carbocycles. The Morgan fingerprint density at radius 2 is 1.80 bits per heavy atom. The summed E-state index contributed by atoms with van der Waals surface area (Å²) in [6, 6.07) is 11.3. The summed E-state index contributed by atoms with van der Waals surface area (Å²) in [5.41, 5.74) is 1.67. The Bertz CT molecular complexity index is 822. The number of carbonyl (C=O) groups is 2. The first-order valence-corrected chi connectivity index (χ1v) is 9.55. The number of likely N-dealkylation sites (N-methyl/N-ethyl adjacent to an activating group) is 1. The lowest BCUT2D eigenvalue weighted by atomic mass is 10.1. The molecule has 164 valence electrons. The summed E-state index contributed by atoms with van der Waals surface area (Å²) in [6.07, 6.45) is 3.07. The zero-order valence-corrected chi connectivity index (χ0v) is 19.9. The number of furan rings is 1. The normalized spacial score (nSPS) is 10.7. The highest BCUT2D eigenvalue weighted by atomic mass is 127. The van der Waals surface area contributed by atoms with Gasteiger partial charge in [-0.25, -0.2) is 4.99 Å². The van der Waals surface area contributed by atoms with Crippen LogP contribution in [0, 0.1) is 0 Å². The lowest BCUT2D eigenvalue weighted by molar-refractivity contribution is -0.127. The third-order valence-corrected chi connectivity index (χ3v) is 4.24. The number of amides is 2. The molecule has 0 fully saturated rings. The molecule has 2 rings (SSSR count). The van der Waals surface area contributed by atoms with Crippen LogP contribution in [0.25, 0.3) is 0 Å². The number of nitrogens with one attached hydrogen (secondary N) is 3. The molecule has 0 aliphatic carbocycles. The van der Waals surface area contributed by atoms with Crippen molar-refractivity contribution in [3.8, 4) is 0 Å². The van der Waals surface area contributed by atoms with Crippen LogP contribution >= 0.6 is 24.0 Å². The molecule has 0 aliphatic heterocycles. The molecule has 8 nitrogen and oxygen atoms in total. The van der Waals surface area contributed by atoms with E-state index < -0.39 is 0 Å². The van der Waals surface area contributed by atoms with Crippen LogP contribution in [0.3, 0.4) is 0 Å². The molecule has 0 radical (unpaired) electrons. The second-order valence-electron chi connectivity index (χ2n) is 6.67. The van der Waals surface area contributed by atoms with Crippen molar-refractivity contribution in [2.24, 2.45) is 4.99 Å². The number of hydrogen-bond donors (Lipinski definition) is 3. The molecular weight excluding hydrogens is 497 g/mol. The Balaban J connectivity index is 0.00000450. The number of hydrogen-bond acceptors (Lipinski definition) is 4. The van der Waals surface area contributed by atoms with E-state index in [0.717, 1.165) is 11.3 Å². The van der Waals surface area contributed by atoms with E-state index in [2.05, 4.69) is 20.9 Å². The predicted molar refractivity (Wildman–Crippen MR) is 128 cm³/mol. The van der Waals surface area contributed by atoms with Crippen molar-refractivity contribution >= 4 is 41.8 Å². The quantitative estimate of drug-likeness (QED) is 0.262. The van der Waals surface area contributed by atoms with E-state index in [1.54, 1.807) is 33.5 Å². The molecule has 1 aromatic carbocycles. The van der Waals surface area contributed by atoms with Crippen LogP contribution in [0.15, 0.2) is 52.1 Å². The van der Waals surface area contributed by atoms with Gasteiger partial charge in [0.05, 0.1) is 6.26 Å². The highest BCUT2D eigenvalue weighted by Gasteiger charge is 2.06. The SMILES string of the molecule is CNC(=O)c1cccc(CCNC(=NCC(=O)N(C)C)NCCc2ccco2)c1.I. The van der Waals surface area contributed by atoms with Gasteiger partial charge in [-0.05, 0) is 36.2 Å². The van der Waals surface area contributed by atoms with Crippen molar-refractivity contribution in [3.05, 3.63) is 59.5 Å². The Morgan fingerprint density at radius 3 is 2.43 bits per heavy atom. The van der Waals surface area contributed by atoms with Gasteiger partial charge in [-0.15, -0.1) is 24.0 Å². The van der Waals surface area contributed by atoms with Crippen LogP contribution < -0.4 is 16.0 Å². The molecule has 3 N–H and O–H groups in total. The Morgan fingerprint density at radius 1 is 1.07 bits per heavy atom. The maximum Gasteiger partial charge on any atom is 0.251 e. The predicted octanol–water partition coefficient (Wildman–Crippen LogP) is 1.67. The van der Waals surface area contributed by atoms with Gasteiger partial charge in [-0.1, -0.05) is 12.1 Å². The van der Waals surface area contributed by atoms with Crippen molar-refractivity contribution in [2.75, 3.05) is 40.8 Å². The van der Waals surface area contributed by atoms with Gasteiger partial charge in [0.2, 0.25) is 5.91 Å². The van der Waals surface area contributed by atoms with Crippen LogP contribution in [0.5, 0.6) is 0 Å². The summed E-state index contributed by atoms with van der Waals surface area (Å²) in [7, 11) is 5.02. The highest BCUT2D eigenvalue weighted by Crippen LogP contribution is 2.05. The van der Waals surface area contributed by atoms with E-state index in [-0.39, 0.29) is 42.3 Å². The summed E-state index contributed by atoms with van der Waals surface area (Å²) in [6.45, 7) is 1.30. The zero-order valence-electron chi connectivity index (χ0n) is 17.6. The molecule has 1 aromatic heterocycles. The lowest BCUT2D eigenvalue weighted by Gasteiger charge is -2.14. The summed E-state index contributed by atoms with van der Waals surface area (Å²) in [5.74, 6) is 1.26. The van der Waals surface area contributed by atoms with E-state index in [1.807, 2.05) is 30.3 Å². The van der Waals surface area contributed by atoms with E-state index in [1.165, 1.54) is 4.90 Å². The third kappa shape index (κ3) is 8.85. The van der Waals surface area contributed by atoms with Gasteiger partial charge in [0.15, 0.2) is 5.96 Å². The summed E-state index contributed by atoms with van der Waals surface area (Å²) < 4.78 is 5.33. The molecule has 1 heterocycles. The van der Waals surface area contributed by atoms with Crippen LogP contribution in [-0.2, 0) is 17.6 Å². The largest absolute Gasteiger partial charge is 0.469 e. The molecule has 0 saturated heterocycles. The van der Waals surface area contributed by atoms with Crippen molar-refractivity contribution in [1.29, 1.82) is 0 Å². The van der Waals surface area contributed by atoms with Gasteiger partial charge >= 0.3 is 0 Å². The van der Waals surface area contributed by atoms with Crippen LogP contribution in [0.4, 0.5) is 0 Å². The molecule has 9 heteroatoms. The smallest absolute Gasteiger partial charge is 0.251 e. The molecular formula is C21H30IN5O3. The van der Waals surface area contributed by atoms with E-state index in [9.17, 15) is 9.59 Å². The number of rotatable bonds is 9. The minimum absolute atomic E-state index is 0. The summed E-state index contributed by atoms with van der Waals surface area (Å²) in [4.78, 5) is 29.5. The minimum atomic E-state index is -0.108. The van der Waals surface area contributed by atoms with E-state index >= 15 is 0 Å². The molecule has 30 heavy (non-hydrogen) atoms. The van der Waals surface area contributed by atoms with Crippen LogP contribution in [-0.4, -0.2) is 63.5 Å². The van der Waals surface area contributed by atoms with Gasteiger partial charge in [-0.3, -0.25) is 9.59 Å². The van der Waals surface area contributed by atoms with E-state index in [4.69, 9.17) is 4.42 Å². The summed E-state index contributed by atoms with van der Waals surface area (Å²) in [5, 5.41) is 9.09. The van der Waals surface area contributed by atoms with Crippen LogP contribution in [0.2, 0.25) is 0 Å². The first-order valence-electron chi connectivity index (χ1n) is 9.55. The van der Waals surface area contributed by atoms with Gasteiger partial charge in [-0.2, -0.15) is 0 Å². The fraction of sp³-hybridized carbons (Fsp3) is 0.381. The molecule has 0 aliphatic rings. The highest BCUT2D eigenvalue weighted by molar-refractivity contribution is 14.0. The number of guanidine groups is 1. The fourth-order valence-corrected chi connectivity index (χ4v) is 2.56. The Hall–Kier alpha value is -2.56. The van der Waals surface area contributed by atoms with Gasteiger partial charge in [0.25, 0.3) is 5.91 Å². The van der Waals surface area contributed by atoms with Crippen molar-refractivity contribution < 1.29 is 14.0 Å².